The summed E-state index contributed by atoms with van der Waals surface area (Å²) in [5, 5.41) is 21.0. The first-order valence-corrected chi connectivity index (χ1v) is 7.03. The predicted molar refractivity (Wildman–Crippen MR) is 87.0 cm³/mol. The number of aliphatic hydroxyl groups excluding tert-OH is 1. The molecular weight excluding hydrogens is 383 g/mol. The predicted octanol–water partition coefficient (Wildman–Crippen LogP) is 1.99. The molecule has 2 rings (SSSR count). The molecule has 0 aliphatic carbocycles. The molecule has 0 saturated carbocycles. The van der Waals surface area contributed by atoms with Gasteiger partial charge in [0.25, 0.3) is 5.91 Å². The first-order chi connectivity index (χ1) is 10.1. The molecule has 5 nitrogen and oxygen atoms in total. The molecule has 0 atom stereocenters. The Balaban J connectivity index is 2.21. The number of aliphatic hydroxyl groups is 1. The lowest BCUT2D eigenvalue weighted by atomic mass is 10.2. The summed E-state index contributed by atoms with van der Waals surface area (Å²) in [7, 11) is 0. The summed E-state index contributed by atoms with van der Waals surface area (Å²) in [5.74, 6) is 5.02. The monoisotopic (exact) mass is 394 g/mol. The van der Waals surface area contributed by atoms with Crippen LogP contribution in [0.2, 0.25) is 0 Å². The van der Waals surface area contributed by atoms with Gasteiger partial charge in [-0.05, 0) is 52.9 Å². The zero-order valence-corrected chi connectivity index (χ0v) is 13.0. The molecule has 1 aromatic heterocycles. The summed E-state index contributed by atoms with van der Waals surface area (Å²) in [6.45, 7) is -0.236. The smallest absolute Gasteiger partial charge is 0.260 e. The number of halogens is 1. The Labute approximate surface area is 135 Å². The summed E-state index contributed by atoms with van der Waals surface area (Å²) in [4.78, 5) is 16.1. The van der Waals surface area contributed by atoms with Gasteiger partial charge >= 0.3 is 0 Å². The molecule has 0 aliphatic heterocycles. The van der Waals surface area contributed by atoms with Crippen molar-refractivity contribution in [3.8, 4) is 17.6 Å². The van der Waals surface area contributed by atoms with Crippen molar-refractivity contribution in [2.45, 2.75) is 0 Å². The lowest BCUT2D eigenvalue weighted by Crippen LogP contribution is -2.13. The number of carbonyl (C=O) groups excluding carboxylic acids is 1. The second kappa shape index (κ2) is 7.06. The SMILES string of the molecule is O=C(Nc1cc(C#CCO)ccn1)c1cc(I)ccc1O. The van der Waals surface area contributed by atoms with E-state index in [4.69, 9.17) is 5.11 Å². The number of hydrogen-bond donors (Lipinski definition) is 3. The molecule has 21 heavy (non-hydrogen) atoms. The van der Waals surface area contributed by atoms with E-state index >= 15 is 0 Å². The van der Waals surface area contributed by atoms with Gasteiger partial charge in [0.15, 0.2) is 0 Å². The molecule has 0 bridgehead atoms. The zero-order valence-electron chi connectivity index (χ0n) is 10.8. The number of phenolic OH excluding ortho intramolecular Hbond substituents is 1. The van der Waals surface area contributed by atoms with Gasteiger partial charge in [-0.2, -0.15) is 0 Å². The number of anilines is 1. The Morgan fingerprint density at radius 1 is 1.33 bits per heavy atom. The van der Waals surface area contributed by atoms with Gasteiger partial charge in [-0.1, -0.05) is 11.8 Å². The van der Waals surface area contributed by atoms with Crippen LogP contribution in [-0.4, -0.2) is 27.7 Å². The van der Waals surface area contributed by atoms with Crippen molar-refractivity contribution in [3.05, 3.63) is 51.2 Å². The number of aromatic hydroxyl groups is 1. The van der Waals surface area contributed by atoms with Gasteiger partial charge in [0.05, 0.1) is 5.56 Å². The topological polar surface area (TPSA) is 82.5 Å². The van der Waals surface area contributed by atoms with Crippen molar-refractivity contribution >= 4 is 34.3 Å². The van der Waals surface area contributed by atoms with Crippen LogP contribution in [0, 0.1) is 15.4 Å². The average molecular weight is 394 g/mol. The van der Waals surface area contributed by atoms with Gasteiger partial charge in [0.2, 0.25) is 0 Å². The summed E-state index contributed by atoms with van der Waals surface area (Å²) in [5.41, 5.74) is 0.803. The van der Waals surface area contributed by atoms with Crippen LogP contribution in [0.5, 0.6) is 5.75 Å². The Bertz CT molecular complexity index is 735. The molecule has 1 amide bonds. The van der Waals surface area contributed by atoms with Crippen LogP contribution in [0.4, 0.5) is 5.82 Å². The first kappa shape index (κ1) is 15.3. The molecule has 1 aromatic carbocycles. The number of benzene rings is 1. The van der Waals surface area contributed by atoms with E-state index in [1.165, 1.54) is 12.3 Å². The van der Waals surface area contributed by atoms with E-state index in [1.54, 1.807) is 24.3 Å². The van der Waals surface area contributed by atoms with Crippen molar-refractivity contribution in [1.29, 1.82) is 0 Å². The van der Waals surface area contributed by atoms with Gasteiger partial charge in [-0.3, -0.25) is 4.79 Å². The highest BCUT2D eigenvalue weighted by atomic mass is 127. The number of aromatic nitrogens is 1. The lowest BCUT2D eigenvalue weighted by molar-refractivity contribution is 0.102. The van der Waals surface area contributed by atoms with Crippen LogP contribution >= 0.6 is 22.6 Å². The lowest BCUT2D eigenvalue weighted by Gasteiger charge is -2.07. The Kier molecular flexibility index (Phi) is 5.14. The van der Waals surface area contributed by atoms with Gasteiger partial charge in [-0.15, -0.1) is 0 Å². The van der Waals surface area contributed by atoms with E-state index in [0.717, 1.165) is 3.57 Å². The molecule has 0 unspecified atom stereocenters. The van der Waals surface area contributed by atoms with E-state index in [9.17, 15) is 9.90 Å². The minimum atomic E-state index is -0.453. The van der Waals surface area contributed by atoms with Crippen molar-refractivity contribution in [2.24, 2.45) is 0 Å². The minimum absolute atomic E-state index is 0.0934. The fourth-order valence-electron chi connectivity index (χ4n) is 1.59. The van der Waals surface area contributed by atoms with Gasteiger partial charge in [0.1, 0.15) is 18.2 Å². The van der Waals surface area contributed by atoms with E-state index < -0.39 is 5.91 Å². The average Bonchev–Trinajstić information content (AvgIpc) is 2.48. The number of pyridine rings is 1. The number of phenols is 1. The quantitative estimate of drug-likeness (QED) is 0.538. The van der Waals surface area contributed by atoms with Crippen LogP contribution in [0.3, 0.4) is 0 Å². The normalized spacial score (nSPS) is 9.62. The number of rotatable bonds is 2. The zero-order chi connectivity index (χ0) is 15.2. The molecule has 0 aliphatic rings. The third-order valence-electron chi connectivity index (χ3n) is 2.52. The third-order valence-corrected chi connectivity index (χ3v) is 3.19. The number of nitrogens with one attached hydrogen (secondary N) is 1. The molecule has 1 heterocycles. The fourth-order valence-corrected chi connectivity index (χ4v) is 2.08. The summed E-state index contributed by atoms with van der Waals surface area (Å²) in [6, 6.07) is 8.01. The minimum Gasteiger partial charge on any atom is -0.507 e. The molecule has 3 N–H and O–H groups in total. The van der Waals surface area contributed by atoms with Gasteiger partial charge < -0.3 is 15.5 Å². The third kappa shape index (κ3) is 4.18. The van der Waals surface area contributed by atoms with Crippen LogP contribution < -0.4 is 5.32 Å². The maximum atomic E-state index is 12.1. The van der Waals surface area contributed by atoms with Crippen LogP contribution in [-0.2, 0) is 0 Å². The second-order valence-corrected chi connectivity index (χ2v) is 5.25. The van der Waals surface area contributed by atoms with Crippen molar-refractivity contribution < 1.29 is 15.0 Å². The van der Waals surface area contributed by atoms with Crippen molar-refractivity contribution in [2.75, 3.05) is 11.9 Å². The fraction of sp³-hybridized carbons (Fsp3) is 0.0667. The largest absolute Gasteiger partial charge is 0.507 e. The van der Waals surface area contributed by atoms with Gasteiger partial charge in [-0.25, -0.2) is 4.98 Å². The molecule has 6 heteroatoms. The first-order valence-electron chi connectivity index (χ1n) is 5.96. The molecule has 106 valence electrons. The van der Waals surface area contributed by atoms with E-state index in [2.05, 4.69) is 44.7 Å². The maximum absolute atomic E-state index is 12.1. The number of hydrogen-bond acceptors (Lipinski definition) is 4. The van der Waals surface area contributed by atoms with E-state index in [-0.39, 0.29) is 17.9 Å². The Hall–Kier alpha value is -2.11. The highest BCUT2D eigenvalue weighted by Crippen LogP contribution is 2.20. The maximum Gasteiger partial charge on any atom is 0.260 e. The second-order valence-electron chi connectivity index (χ2n) is 4.01. The molecule has 0 saturated heterocycles. The van der Waals surface area contributed by atoms with Gasteiger partial charge in [0, 0.05) is 15.3 Å². The number of nitrogens with zero attached hydrogens (tertiary/aromatic N) is 1. The Morgan fingerprint density at radius 2 is 2.14 bits per heavy atom. The summed E-state index contributed by atoms with van der Waals surface area (Å²) < 4.78 is 0.839. The molecular formula is C15H11IN2O3. The standard InChI is InChI=1S/C15H11IN2O3/c16-11-3-4-13(20)12(9-11)15(21)18-14-8-10(2-1-7-19)5-6-17-14/h3-6,8-9,19-20H,7H2,(H,17,18,21). The molecule has 0 radical (unpaired) electrons. The highest BCUT2D eigenvalue weighted by molar-refractivity contribution is 14.1. The Morgan fingerprint density at radius 3 is 2.90 bits per heavy atom. The molecule has 0 fully saturated rings. The van der Waals surface area contributed by atoms with Crippen LogP contribution in [0.25, 0.3) is 0 Å². The van der Waals surface area contributed by atoms with Crippen LogP contribution in [0.1, 0.15) is 15.9 Å². The van der Waals surface area contributed by atoms with Crippen molar-refractivity contribution in [1.82, 2.24) is 4.98 Å². The molecule has 0 spiro atoms. The van der Waals surface area contributed by atoms with E-state index in [0.29, 0.717) is 11.4 Å². The number of carbonyl (C=O) groups is 1. The number of amides is 1. The highest BCUT2D eigenvalue weighted by Gasteiger charge is 2.12. The summed E-state index contributed by atoms with van der Waals surface area (Å²) in [6.07, 6.45) is 1.51. The summed E-state index contributed by atoms with van der Waals surface area (Å²) >= 11 is 2.06. The van der Waals surface area contributed by atoms with Crippen molar-refractivity contribution in [3.63, 3.8) is 0 Å². The van der Waals surface area contributed by atoms with Crippen LogP contribution in [0.15, 0.2) is 36.5 Å². The molecule has 2 aromatic rings. The van der Waals surface area contributed by atoms with E-state index in [1.807, 2.05) is 0 Å².